The Bertz CT molecular complexity index is 994. The summed E-state index contributed by atoms with van der Waals surface area (Å²) in [6, 6.07) is 11.3. The van der Waals surface area contributed by atoms with Gasteiger partial charge < -0.3 is 14.8 Å². The van der Waals surface area contributed by atoms with Gasteiger partial charge in [-0.05, 0) is 42.2 Å². The van der Waals surface area contributed by atoms with E-state index < -0.39 is 0 Å². The number of carbonyl (C=O) groups is 1. The lowest BCUT2D eigenvalue weighted by atomic mass is 9.98. The molecule has 1 unspecified atom stereocenters. The smallest absolute Gasteiger partial charge is 0.263 e. The molecule has 1 saturated heterocycles. The summed E-state index contributed by atoms with van der Waals surface area (Å²) in [5.41, 5.74) is 1.78. The van der Waals surface area contributed by atoms with Crippen molar-refractivity contribution in [2.45, 2.75) is 26.2 Å². The summed E-state index contributed by atoms with van der Waals surface area (Å²) in [6.45, 7) is 4.96. The minimum Gasteiger partial charge on any atom is -0.490 e. The number of halogens is 2. The lowest BCUT2D eigenvalue weighted by Crippen LogP contribution is -2.17. The summed E-state index contributed by atoms with van der Waals surface area (Å²) in [4.78, 5) is 12.4. The fraction of sp³-hybridized carbons (Fsp3) is 0.273. The first-order chi connectivity index (χ1) is 14.4. The molecule has 2 aromatic carbocycles. The standard InChI is InChI=1S/C22H21Cl2NO3S2/c1-3-13(2)16-6-4-5-7-18(16)27-8-9-28-20-14(10-15(23)12-17(20)24)11-19-21(26)25-22(29)30-19/h4-7,10-13H,3,8-9H2,1-2H3,(H,25,26,29). The fourth-order valence-corrected chi connectivity index (χ4v) is 4.54. The fourth-order valence-electron chi connectivity index (χ4n) is 2.94. The Morgan fingerprint density at radius 1 is 1.20 bits per heavy atom. The Hall–Kier alpha value is -1.73. The molecule has 0 saturated carbocycles. The number of amides is 1. The van der Waals surface area contributed by atoms with Crippen molar-refractivity contribution in [2.75, 3.05) is 13.2 Å². The molecule has 1 fully saturated rings. The van der Waals surface area contributed by atoms with Crippen LogP contribution in [0.25, 0.3) is 6.08 Å². The van der Waals surface area contributed by atoms with Crippen molar-refractivity contribution in [3.8, 4) is 11.5 Å². The second-order valence-electron chi connectivity index (χ2n) is 6.70. The van der Waals surface area contributed by atoms with Crippen LogP contribution in [0.15, 0.2) is 41.3 Å². The molecule has 158 valence electrons. The van der Waals surface area contributed by atoms with Crippen molar-refractivity contribution in [1.82, 2.24) is 5.32 Å². The van der Waals surface area contributed by atoms with Gasteiger partial charge in [-0.1, -0.05) is 79.2 Å². The molecule has 0 spiro atoms. The van der Waals surface area contributed by atoms with Gasteiger partial charge in [0.2, 0.25) is 0 Å². The SMILES string of the molecule is CCC(C)c1ccccc1OCCOc1c(Cl)cc(Cl)cc1C=C1SC(=S)NC1=O. The van der Waals surface area contributed by atoms with E-state index >= 15 is 0 Å². The molecule has 1 aliphatic heterocycles. The highest BCUT2D eigenvalue weighted by atomic mass is 35.5. The molecule has 30 heavy (non-hydrogen) atoms. The maximum atomic E-state index is 12.0. The van der Waals surface area contributed by atoms with E-state index in [1.807, 2.05) is 18.2 Å². The molecule has 0 radical (unpaired) electrons. The molecule has 1 N–H and O–H groups in total. The van der Waals surface area contributed by atoms with E-state index in [1.54, 1.807) is 18.2 Å². The van der Waals surface area contributed by atoms with E-state index in [4.69, 9.17) is 44.9 Å². The van der Waals surface area contributed by atoms with Crippen LogP contribution in [-0.4, -0.2) is 23.4 Å². The van der Waals surface area contributed by atoms with Crippen molar-refractivity contribution in [1.29, 1.82) is 0 Å². The first-order valence-electron chi connectivity index (χ1n) is 9.47. The van der Waals surface area contributed by atoms with Crippen LogP contribution in [-0.2, 0) is 4.79 Å². The maximum absolute atomic E-state index is 12.0. The Kier molecular flexibility index (Phi) is 8.06. The molecule has 0 aromatic heterocycles. The minimum absolute atomic E-state index is 0.253. The van der Waals surface area contributed by atoms with Gasteiger partial charge in [-0.3, -0.25) is 4.79 Å². The molecule has 1 atom stereocenters. The molecule has 0 aliphatic carbocycles. The van der Waals surface area contributed by atoms with E-state index in [0.717, 1.165) is 12.2 Å². The van der Waals surface area contributed by atoms with Crippen LogP contribution in [0, 0.1) is 0 Å². The number of thiocarbonyl (C=S) groups is 1. The zero-order valence-corrected chi connectivity index (χ0v) is 19.7. The molecule has 1 amide bonds. The first kappa shape index (κ1) is 22.9. The zero-order chi connectivity index (χ0) is 21.7. The van der Waals surface area contributed by atoms with Crippen LogP contribution in [0.5, 0.6) is 11.5 Å². The summed E-state index contributed by atoms with van der Waals surface area (Å²) in [5.74, 6) is 1.45. The van der Waals surface area contributed by atoms with Crippen LogP contribution in [0.3, 0.4) is 0 Å². The summed E-state index contributed by atoms with van der Waals surface area (Å²) in [5, 5.41) is 3.40. The molecule has 4 nitrogen and oxygen atoms in total. The number of carbonyl (C=O) groups excluding carboxylic acids is 1. The summed E-state index contributed by atoms with van der Waals surface area (Å²) in [6.07, 6.45) is 2.70. The van der Waals surface area contributed by atoms with E-state index in [-0.39, 0.29) is 12.5 Å². The van der Waals surface area contributed by atoms with Gasteiger partial charge >= 0.3 is 0 Å². The van der Waals surface area contributed by atoms with Gasteiger partial charge in [0.25, 0.3) is 5.91 Å². The molecule has 0 bridgehead atoms. The van der Waals surface area contributed by atoms with Gasteiger partial charge in [0.15, 0.2) is 0 Å². The predicted molar refractivity (Wildman–Crippen MR) is 129 cm³/mol. The number of benzene rings is 2. The maximum Gasteiger partial charge on any atom is 0.263 e. The number of rotatable bonds is 8. The van der Waals surface area contributed by atoms with E-state index in [1.165, 1.54) is 17.3 Å². The zero-order valence-electron chi connectivity index (χ0n) is 16.5. The van der Waals surface area contributed by atoms with Crippen LogP contribution >= 0.6 is 47.2 Å². The number of para-hydroxylation sites is 1. The normalized spacial score (nSPS) is 15.9. The van der Waals surface area contributed by atoms with Crippen molar-refractivity contribution in [3.05, 3.63) is 62.5 Å². The van der Waals surface area contributed by atoms with Gasteiger partial charge in [-0.25, -0.2) is 0 Å². The van der Waals surface area contributed by atoms with Crippen molar-refractivity contribution in [3.63, 3.8) is 0 Å². The van der Waals surface area contributed by atoms with Crippen molar-refractivity contribution >= 4 is 63.5 Å². The van der Waals surface area contributed by atoms with E-state index in [0.29, 0.717) is 43.1 Å². The Morgan fingerprint density at radius 3 is 2.63 bits per heavy atom. The highest BCUT2D eigenvalue weighted by Gasteiger charge is 2.23. The second kappa shape index (κ2) is 10.5. The van der Waals surface area contributed by atoms with E-state index in [9.17, 15) is 4.79 Å². The average Bonchev–Trinajstić information content (AvgIpc) is 3.03. The topological polar surface area (TPSA) is 47.6 Å². The lowest BCUT2D eigenvalue weighted by molar-refractivity contribution is -0.115. The molecular formula is C22H21Cl2NO3S2. The van der Waals surface area contributed by atoms with Crippen molar-refractivity contribution in [2.24, 2.45) is 0 Å². The van der Waals surface area contributed by atoms with Gasteiger partial charge in [0, 0.05) is 10.6 Å². The van der Waals surface area contributed by atoms with E-state index in [2.05, 4.69) is 25.2 Å². The quantitative estimate of drug-likeness (QED) is 0.266. The number of nitrogens with one attached hydrogen (secondary N) is 1. The summed E-state index contributed by atoms with van der Waals surface area (Å²) < 4.78 is 12.3. The molecule has 2 aromatic rings. The third-order valence-corrected chi connectivity index (χ3v) is 6.28. The van der Waals surface area contributed by atoms with Crippen LogP contribution < -0.4 is 14.8 Å². The van der Waals surface area contributed by atoms with Crippen LogP contribution in [0.1, 0.15) is 37.3 Å². The molecule has 1 heterocycles. The molecule has 8 heteroatoms. The largest absolute Gasteiger partial charge is 0.490 e. The average molecular weight is 482 g/mol. The van der Waals surface area contributed by atoms with Gasteiger partial charge in [-0.15, -0.1) is 0 Å². The van der Waals surface area contributed by atoms with Crippen molar-refractivity contribution < 1.29 is 14.3 Å². The van der Waals surface area contributed by atoms with Crippen LogP contribution in [0.4, 0.5) is 0 Å². The second-order valence-corrected chi connectivity index (χ2v) is 9.26. The Balaban J connectivity index is 1.71. The summed E-state index contributed by atoms with van der Waals surface area (Å²) in [7, 11) is 0. The first-order valence-corrected chi connectivity index (χ1v) is 11.5. The molecule has 1 aliphatic rings. The van der Waals surface area contributed by atoms with Gasteiger partial charge in [0.05, 0.1) is 9.93 Å². The van der Waals surface area contributed by atoms with Gasteiger partial charge in [0.1, 0.15) is 29.0 Å². The predicted octanol–water partition coefficient (Wildman–Crippen LogP) is 6.45. The van der Waals surface area contributed by atoms with Gasteiger partial charge in [-0.2, -0.15) is 0 Å². The number of hydrogen-bond donors (Lipinski definition) is 1. The summed E-state index contributed by atoms with van der Waals surface area (Å²) >= 11 is 18.7. The molecular weight excluding hydrogens is 461 g/mol. The number of thioether (sulfide) groups is 1. The highest BCUT2D eigenvalue weighted by Crippen LogP contribution is 2.36. The third-order valence-electron chi connectivity index (χ3n) is 4.62. The minimum atomic E-state index is -0.253. The third kappa shape index (κ3) is 5.70. The van der Waals surface area contributed by atoms with Crippen LogP contribution in [0.2, 0.25) is 10.0 Å². The number of hydrogen-bond acceptors (Lipinski definition) is 5. The Morgan fingerprint density at radius 2 is 1.93 bits per heavy atom. The highest BCUT2D eigenvalue weighted by molar-refractivity contribution is 8.26. The monoisotopic (exact) mass is 481 g/mol. The lowest BCUT2D eigenvalue weighted by Gasteiger charge is -2.16. The molecule has 3 rings (SSSR count). The number of ether oxygens (including phenoxy) is 2. The Labute approximate surface area is 195 Å².